The Morgan fingerprint density at radius 3 is 2.61 bits per heavy atom. The smallest absolute Gasteiger partial charge is 0.321 e. The normalized spacial score (nSPS) is 13.6. The van der Waals surface area contributed by atoms with E-state index in [2.05, 4.69) is 15.6 Å². The van der Waals surface area contributed by atoms with Crippen molar-refractivity contribution in [3.63, 3.8) is 0 Å². The summed E-state index contributed by atoms with van der Waals surface area (Å²) in [5.41, 5.74) is 5.40. The number of aromatic nitrogens is 1. The number of para-hydroxylation sites is 1. The number of anilines is 2. The van der Waals surface area contributed by atoms with Gasteiger partial charge in [0, 0.05) is 35.5 Å². The standard InChI is InChI=1S/C22H22N4O2/c1-14-18-5-3-4-6-20(18)24-15(2)19(14)13-21(27)25-16-7-9-17(10-8-16)26-12-11-23-22(26)28/h3-10H,11-13H2,1-2H3,(H,23,28)(H,25,27). The molecule has 1 aromatic heterocycles. The Bertz CT molecular complexity index is 1060. The number of nitrogens with zero attached hydrogens (tertiary/aromatic N) is 2. The average molecular weight is 374 g/mol. The summed E-state index contributed by atoms with van der Waals surface area (Å²) >= 11 is 0. The zero-order valence-electron chi connectivity index (χ0n) is 16.0. The van der Waals surface area contributed by atoms with Crippen LogP contribution in [0.5, 0.6) is 0 Å². The van der Waals surface area contributed by atoms with Crippen LogP contribution in [0.2, 0.25) is 0 Å². The SMILES string of the molecule is Cc1nc2ccccc2c(C)c1CC(=O)Nc1ccc(N2CCNC2=O)cc1. The Labute approximate surface area is 163 Å². The third-order valence-electron chi connectivity index (χ3n) is 5.14. The molecule has 4 rings (SSSR count). The van der Waals surface area contributed by atoms with Gasteiger partial charge in [0.25, 0.3) is 0 Å². The summed E-state index contributed by atoms with van der Waals surface area (Å²) in [6.07, 6.45) is 0.270. The van der Waals surface area contributed by atoms with Crippen LogP contribution in [0, 0.1) is 13.8 Å². The minimum absolute atomic E-state index is 0.0880. The first-order valence-electron chi connectivity index (χ1n) is 9.33. The number of fused-ring (bicyclic) bond motifs is 1. The van der Waals surface area contributed by atoms with E-state index in [0.717, 1.165) is 33.4 Å². The molecule has 1 aliphatic heterocycles. The number of nitrogens with one attached hydrogen (secondary N) is 2. The van der Waals surface area contributed by atoms with Gasteiger partial charge < -0.3 is 10.6 Å². The van der Waals surface area contributed by atoms with Crippen LogP contribution in [0.25, 0.3) is 10.9 Å². The first-order valence-corrected chi connectivity index (χ1v) is 9.33. The molecular weight excluding hydrogens is 352 g/mol. The van der Waals surface area contributed by atoms with Crippen molar-refractivity contribution in [3.8, 4) is 0 Å². The highest BCUT2D eigenvalue weighted by Gasteiger charge is 2.21. The van der Waals surface area contributed by atoms with Gasteiger partial charge in [-0.2, -0.15) is 0 Å². The van der Waals surface area contributed by atoms with Gasteiger partial charge in [-0.1, -0.05) is 18.2 Å². The topological polar surface area (TPSA) is 74.3 Å². The molecule has 0 radical (unpaired) electrons. The zero-order chi connectivity index (χ0) is 19.7. The first-order chi connectivity index (χ1) is 13.5. The van der Waals surface area contributed by atoms with E-state index in [1.54, 1.807) is 4.90 Å². The number of hydrogen-bond acceptors (Lipinski definition) is 3. The van der Waals surface area contributed by atoms with Crippen molar-refractivity contribution in [3.05, 3.63) is 65.4 Å². The van der Waals surface area contributed by atoms with E-state index in [1.807, 2.05) is 62.4 Å². The number of rotatable bonds is 4. The van der Waals surface area contributed by atoms with Gasteiger partial charge >= 0.3 is 6.03 Å². The molecule has 0 saturated carbocycles. The van der Waals surface area contributed by atoms with Crippen molar-refractivity contribution in [2.45, 2.75) is 20.3 Å². The number of benzene rings is 2. The molecule has 1 saturated heterocycles. The van der Waals surface area contributed by atoms with Gasteiger partial charge in [-0.25, -0.2) is 4.79 Å². The monoisotopic (exact) mass is 374 g/mol. The van der Waals surface area contributed by atoms with E-state index in [4.69, 9.17) is 0 Å². The molecule has 3 aromatic rings. The number of carbonyl (C=O) groups is 2. The minimum atomic E-state index is -0.0912. The number of pyridine rings is 1. The molecule has 0 spiro atoms. The Morgan fingerprint density at radius 2 is 1.89 bits per heavy atom. The van der Waals surface area contributed by atoms with E-state index in [1.165, 1.54) is 0 Å². The van der Waals surface area contributed by atoms with Gasteiger partial charge in [-0.15, -0.1) is 0 Å². The van der Waals surface area contributed by atoms with Crippen LogP contribution in [0.15, 0.2) is 48.5 Å². The number of carbonyl (C=O) groups excluding carboxylic acids is 2. The second-order valence-corrected chi connectivity index (χ2v) is 6.97. The third kappa shape index (κ3) is 3.41. The summed E-state index contributed by atoms with van der Waals surface area (Å²) in [4.78, 5) is 30.7. The lowest BCUT2D eigenvalue weighted by Gasteiger charge is -2.15. The second-order valence-electron chi connectivity index (χ2n) is 6.97. The van der Waals surface area contributed by atoms with Gasteiger partial charge in [-0.05, 0) is 55.3 Å². The first kappa shape index (κ1) is 18.0. The van der Waals surface area contributed by atoms with E-state index in [-0.39, 0.29) is 18.4 Å². The van der Waals surface area contributed by atoms with Crippen LogP contribution >= 0.6 is 0 Å². The van der Waals surface area contributed by atoms with Crippen LogP contribution in [-0.4, -0.2) is 30.0 Å². The van der Waals surface area contributed by atoms with Crippen molar-refractivity contribution < 1.29 is 9.59 Å². The molecule has 0 aliphatic carbocycles. The maximum Gasteiger partial charge on any atom is 0.321 e. The highest BCUT2D eigenvalue weighted by molar-refractivity contribution is 5.96. The van der Waals surface area contributed by atoms with Crippen LogP contribution in [0.1, 0.15) is 16.8 Å². The fourth-order valence-corrected chi connectivity index (χ4v) is 3.64. The summed E-state index contributed by atoms with van der Waals surface area (Å²) in [6, 6.07) is 15.2. The molecule has 0 unspecified atom stereocenters. The molecule has 3 amide bonds. The zero-order valence-corrected chi connectivity index (χ0v) is 16.0. The molecule has 2 N–H and O–H groups in total. The lowest BCUT2D eigenvalue weighted by Crippen LogP contribution is -2.27. The number of urea groups is 1. The summed E-state index contributed by atoms with van der Waals surface area (Å²) < 4.78 is 0. The second kappa shape index (κ2) is 7.31. The van der Waals surface area contributed by atoms with Crippen molar-refractivity contribution >= 4 is 34.2 Å². The Morgan fingerprint density at radius 1 is 1.14 bits per heavy atom. The van der Waals surface area contributed by atoms with E-state index in [9.17, 15) is 9.59 Å². The maximum atomic E-state index is 12.6. The van der Waals surface area contributed by atoms with Gasteiger partial charge in [0.05, 0.1) is 11.9 Å². The number of amides is 3. The largest absolute Gasteiger partial charge is 0.336 e. The highest BCUT2D eigenvalue weighted by atomic mass is 16.2. The van der Waals surface area contributed by atoms with Gasteiger partial charge in [-0.3, -0.25) is 14.7 Å². The summed E-state index contributed by atoms with van der Waals surface area (Å²) in [6.45, 7) is 5.28. The van der Waals surface area contributed by atoms with Crippen molar-refractivity contribution in [1.29, 1.82) is 0 Å². The quantitative estimate of drug-likeness (QED) is 0.733. The third-order valence-corrected chi connectivity index (χ3v) is 5.14. The molecule has 1 fully saturated rings. The summed E-state index contributed by atoms with van der Waals surface area (Å²) in [7, 11) is 0. The predicted molar refractivity (Wildman–Crippen MR) is 111 cm³/mol. The highest BCUT2D eigenvalue weighted by Crippen LogP contribution is 2.24. The molecular formula is C22H22N4O2. The maximum absolute atomic E-state index is 12.6. The Balaban J connectivity index is 1.49. The van der Waals surface area contributed by atoms with E-state index < -0.39 is 0 Å². The number of hydrogen-bond donors (Lipinski definition) is 2. The molecule has 0 atom stereocenters. The van der Waals surface area contributed by atoms with E-state index in [0.29, 0.717) is 18.8 Å². The predicted octanol–water partition coefficient (Wildman–Crippen LogP) is 3.56. The lowest BCUT2D eigenvalue weighted by molar-refractivity contribution is -0.115. The Kier molecular flexibility index (Phi) is 4.69. The van der Waals surface area contributed by atoms with Crippen molar-refractivity contribution in [2.75, 3.05) is 23.3 Å². The van der Waals surface area contributed by atoms with Gasteiger partial charge in [0.2, 0.25) is 5.91 Å². The van der Waals surface area contributed by atoms with Crippen molar-refractivity contribution in [1.82, 2.24) is 10.3 Å². The fourth-order valence-electron chi connectivity index (χ4n) is 3.64. The lowest BCUT2D eigenvalue weighted by atomic mass is 9.99. The molecule has 2 heterocycles. The van der Waals surface area contributed by atoms with Crippen molar-refractivity contribution in [2.24, 2.45) is 0 Å². The molecule has 1 aliphatic rings. The van der Waals surface area contributed by atoms with Crippen LogP contribution < -0.4 is 15.5 Å². The minimum Gasteiger partial charge on any atom is -0.336 e. The Hall–Kier alpha value is -3.41. The molecule has 142 valence electrons. The van der Waals surface area contributed by atoms with Crippen LogP contribution in [0.4, 0.5) is 16.2 Å². The van der Waals surface area contributed by atoms with Gasteiger partial charge in [0.1, 0.15) is 0 Å². The molecule has 0 bridgehead atoms. The van der Waals surface area contributed by atoms with Gasteiger partial charge in [0.15, 0.2) is 0 Å². The average Bonchev–Trinajstić information content (AvgIpc) is 3.12. The number of aryl methyl sites for hydroxylation is 2. The molecule has 2 aromatic carbocycles. The molecule has 6 heteroatoms. The molecule has 28 heavy (non-hydrogen) atoms. The molecule has 6 nitrogen and oxygen atoms in total. The van der Waals surface area contributed by atoms with Crippen LogP contribution in [-0.2, 0) is 11.2 Å². The summed E-state index contributed by atoms with van der Waals surface area (Å²) in [5.74, 6) is -0.0880. The van der Waals surface area contributed by atoms with E-state index >= 15 is 0 Å². The van der Waals surface area contributed by atoms with Crippen LogP contribution in [0.3, 0.4) is 0 Å². The fraction of sp³-hybridized carbons (Fsp3) is 0.227. The summed E-state index contributed by atoms with van der Waals surface area (Å²) in [5, 5.41) is 6.79.